The molecule has 0 bridgehead atoms. The molecule has 8 nitrogen and oxygen atoms in total. The van der Waals surface area contributed by atoms with Gasteiger partial charge in [0, 0.05) is 49.4 Å². The Kier molecular flexibility index (Phi) is 9.04. The SMILES string of the molecule is COCCOc1cccc2c1CN(S(=O)(=O)C(F)(F)F)C[C@H](CCC1CCCC1)N2Cc1cc(N)ccn1. The summed E-state index contributed by atoms with van der Waals surface area (Å²) in [5.74, 6) is 0.811. The van der Waals surface area contributed by atoms with Crippen LogP contribution in [0.3, 0.4) is 0 Å². The van der Waals surface area contributed by atoms with Gasteiger partial charge in [-0.2, -0.15) is 17.5 Å². The van der Waals surface area contributed by atoms with Crippen molar-refractivity contribution in [3.63, 3.8) is 0 Å². The van der Waals surface area contributed by atoms with E-state index in [2.05, 4.69) is 4.98 Å². The fourth-order valence-corrected chi connectivity index (χ4v) is 6.36. The number of rotatable bonds is 10. The summed E-state index contributed by atoms with van der Waals surface area (Å²) in [6.07, 6.45) is 7.40. The number of anilines is 2. The lowest BCUT2D eigenvalue weighted by atomic mass is 9.97. The summed E-state index contributed by atoms with van der Waals surface area (Å²) in [6, 6.07) is 8.09. The highest BCUT2D eigenvalue weighted by atomic mass is 32.2. The lowest BCUT2D eigenvalue weighted by Crippen LogP contribution is -2.47. The third kappa shape index (κ3) is 6.52. The van der Waals surface area contributed by atoms with Gasteiger partial charge < -0.3 is 20.1 Å². The minimum absolute atomic E-state index is 0.168. The number of alkyl halides is 3. The van der Waals surface area contributed by atoms with Crippen LogP contribution >= 0.6 is 0 Å². The van der Waals surface area contributed by atoms with Crippen LogP contribution in [-0.2, 0) is 27.8 Å². The van der Waals surface area contributed by atoms with Crippen molar-refractivity contribution in [2.75, 3.05) is 37.5 Å². The Labute approximate surface area is 222 Å². The van der Waals surface area contributed by atoms with Crippen LogP contribution in [0.2, 0.25) is 0 Å². The van der Waals surface area contributed by atoms with Crippen molar-refractivity contribution < 1.29 is 31.1 Å². The van der Waals surface area contributed by atoms with E-state index in [-0.39, 0.29) is 26.3 Å². The lowest BCUT2D eigenvalue weighted by molar-refractivity contribution is -0.0492. The van der Waals surface area contributed by atoms with Gasteiger partial charge in [0.15, 0.2) is 0 Å². The monoisotopic (exact) mass is 556 g/mol. The first-order valence-electron chi connectivity index (χ1n) is 12.9. The average Bonchev–Trinajstić information content (AvgIpc) is 3.33. The molecule has 1 atom stereocenters. The van der Waals surface area contributed by atoms with E-state index in [9.17, 15) is 21.6 Å². The first kappa shape index (κ1) is 28.4. The maximum atomic E-state index is 13.8. The highest BCUT2D eigenvalue weighted by Crippen LogP contribution is 2.40. The molecule has 0 radical (unpaired) electrons. The second-order valence-corrected chi connectivity index (χ2v) is 11.9. The van der Waals surface area contributed by atoms with E-state index in [1.54, 1.807) is 36.5 Å². The van der Waals surface area contributed by atoms with Gasteiger partial charge in [0.25, 0.3) is 0 Å². The van der Waals surface area contributed by atoms with Crippen molar-refractivity contribution in [1.82, 2.24) is 9.29 Å². The number of halogens is 3. The Morgan fingerprint density at radius 1 is 1.13 bits per heavy atom. The maximum absolute atomic E-state index is 13.8. The van der Waals surface area contributed by atoms with Gasteiger partial charge in [0.05, 0.1) is 18.8 Å². The van der Waals surface area contributed by atoms with E-state index < -0.39 is 28.1 Å². The summed E-state index contributed by atoms with van der Waals surface area (Å²) in [5, 5.41) is 0. The quantitative estimate of drug-likeness (QED) is 0.424. The zero-order valence-corrected chi connectivity index (χ0v) is 22.3. The van der Waals surface area contributed by atoms with Crippen LogP contribution in [0.15, 0.2) is 36.5 Å². The smallest absolute Gasteiger partial charge is 0.491 e. The van der Waals surface area contributed by atoms with Gasteiger partial charge in [-0.3, -0.25) is 4.98 Å². The zero-order valence-electron chi connectivity index (χ0n) is 21.5. The Bertz CT molecular complexity index is 1190. The molecule has 0 saturated heterocycles. The molecule has 0 spiro atoms. The summed E-state index contributed by atoms with van der Waals surface area (Å²) in [5.41, 5.74) is 2.73. The number of nitrogens with zero attached hydrogens (tertiary/aromatic N) is 3. The number of aromatic nitrogens is 1. The average molecular weight is 557 g/mol. The number of pyridine rings is 1. The second-order valence-electron chi connectivity index (χ2n) is 9.93. The second kappa shape index (κ2) is 12.1. The number of fused-ring (bicyclic) bond motifs is 1. The van der Waals surface area contributed by atoms with Gasteiger partial charge in [-0.15, -0.1) is 0 Å². The molecule has 1 fully saturated rings. The summed E-state index contributed by atoms with van der Waals surface area (Å²) < 4.78 is 78.4. The van der Waals surface area contributed by atoms with Crippen molar-refractivity contribution in [3.8, 4) is 5.75 Å². The van der Waals surface area contributed by atoms with Gasteiger partial charge in [-0.05, 0) is 43.0 Å². The molecular weight excluding hydrogens is 521 g/mol. The third-order valence-electron chi connectivity index (χ3n) is 7.34. The van der Waals surface area contributed by atoms with E-state index in [1.807, 2.05) is 4.90 Å². The van der Waals surface area contributed by atoms with Crippen LogP contribution in [0.1, 0.15) is 49.8 Å². The van der Waals surface area contributed by atoms with Gasteiger partial charge in [-0.1, -0.05) is 31.7 Å². The normalized spacial score (nSPS) is 19.4. The van der Waals surface area contributed by atoms with E-state index in [4.69, 9.17) is 15.2 Å². The van der Waals surface area contributed by atoms with Crippen molar-refractivity contribution >= 4 is 21.4 Å². The molecule has 1 aliphatic heterocycles. The fraction of sp³-hybridized carbons (Fsp3) is 0.577. The number of hydrogen-bond donors (Lipinski definition) is 1. The molecule has 2 aliphatic rings. The van der Waals surface area contributed by atoms with E-state index in [0.29, 0.717) is 45.0 Å². The van der Waals surface area contributed by atoms with Crippen LogP contribution in [-0.4, -0.2) is 56.1 Å². The number of nitrogen functional groups attached to an aromatic ring is 1. The van der Waals surface area contributed by atoms with Gasteiger partial charge >= 0.3 is 15.5 Å². The molecule has 210 valence electrons. The van der Waals surface area contributed by atoms with Gasteiger partial charge in [0.1, 0.15) is 12.4 Å². The highest BCUT2D eigenvalue weighted by Gasteiger charge is 2.51. The summed E-state index contributed by atoms with van der Waals surface area (Å²) in [7, 11) is -4.07. The Morgan fingerprint density at radius 3 is 2.58 bits per heavy atom. The Balaban J connectivity index is 1.79. The number of nitrogens with two attached hydrogens (primary N) is 1. The maximum Gasteiger partial charge on any atom is 0.511 e. The Hall–Kier alpha value is -2.57. The molecule has 2 heterocycles. The van der Waals surface area contributed by atoms with Crippen LogP contribution in [0.25, 0.3) is 0 Å². The number of sulfonamides is 1. The topological polar surface area (TPSA) is 98.0 Å². The molecule has 4 rings (SSSR count). The van der Waals surface area contributed by atoms with Crippen molar-refractivity contribution in [3.05, 3.63) is 47.8 Å². The zero-order chi connectivity index (χ0) is 27.3. The van der Waals surface area contributed by atoms with Crippen molar-refractivity contribution in [2.24, 2.45) is 5.92 Å². The fourth-order valence-electron chi connectivity index (χ4n) is 5.40. The van der Waals surface area contributed by atoms with Gasteiger partial charge in [0.2, 0.25) is 0 Å². The molecule has 2 N–H and O–H groups in total. The third-order valence-corrected chi connectivity index (χ3v) is 8.88. The first-order valence-corrected chi connectivity index (χ1v) is 14.3. The molecular formula is C26H35F3N4O4S. The summed E-state index contributed by atoms with van der Waals surface area (Å²) in [4.78, 5) is 6.39. The molecule has 1 aliphatic carbocycles. The van der Waals surface area contributed by atoms with Gasteiger partial charge in [-0.25, -0.2) is 8.42 Å². The summed E-state index contributed by atoms with van der Waals surface area (Å²) in [6.45, 7) is -0.0605. The first-order chi connectivity index (χ1) is 18.1. The van der Waals surface area contributed by atoms with E-state index in [0.717, 1.165) is 32.1 Å². The van der Waals surface area contributed by atoms with E-state index >= 15 is 0 Å². The minimum atomic E-state index is -5.59. The molecule has 1 aromatic heterocycles. The van der Waals surface area contributed by atoms with Crippen LogP contribution in [0, 0.1) is 5.92 Å². The number of benzene rings is 1. The lowest BCUT2D eigenvalue weighted by Gasteiger charge is -2.35. The predicted molar refractivity (Wildman–Crippen MR) is 139 cm³/mol. The highest BCUT2D eigenvalue weighted by molar-refractivity contribution is 7.89. The van der Waals surface area contributed by atoms with Crippen molar-refractivity contribution in [2.45, 2.75) is 63.2 Å². The van der Waals surface area contributed by atoms with Crippen LogP contribution < -0.4 is 15.4 Å². The molecule has 0 unspecified atom stereocenters. The predicted octanol–water partition coefficient (Wildman–Crippen LogP) is 4.70. The number of hydrogen-bond acceptors (Lipinski definition) is 7. The Morgan fingerprint density at radius 2 is 1.89 bits per heavy atom. The molecule has 12 heteroatoms. The number of ether oxygens (including phenoxy) is 2. The molecule has 0 amide bonds. The summed E-state index contributed by atoms with van der Waals surface area (Å²) >= 11 is 0. The molecule has 1 aromatic carbocycles. The number of methoxy groups -OCH3 is 1. The van der Waals surface area contributed by atoms with Crippen LogP contribution in [0.4, 0.5) is 24.5 Å². The standard InChI is InChI=1S/C26H35F3N4O4S/c1-36-13-14-37-25-8-4-7-24-23(25)18-32(38(34,35)26(27,28)29)17-22(10-9-19-5-2-3-6-19)33(24)16-21-15-20(30)11-12-31-21/h4,7-8,11-12,15,19,22H,2-3,5-6,9-10,13-14,16-18H2,1H3,(H2,30,31)/t22-/m0/s1. The molecule has 38 heavy (non-hydrogen) atoms. The largest absolute Gasteiger partial charge is 0.511 e. The molecule has 2 aromatic rings. The van der Waals surface area contributed by atoms with Crippen molar-refractivity contribution in [1.29, 1.82) is 0 Å². The van der Waals surface area contributed by atoms with Crippen LogP contribution in [0.5, 0.6) is 5.75 Å². The molecule has 1 saturated carbocycles. The van der Waals surface area contributed by atoms with E-state index in [1.165, 1.54) is 7.11 Å². The minimum Gasteiger partial charge on any atom is -0.491 e.